The van der Waals surface area contributed by atoms with Crippen molar-refractivity contribution in [1.29, 1.82) is 0 Å². The standard InChI is InChI=1S/C19H19ClN2O2/c1-12-5-3-6-15(9-12)22-11-14(10-18(22)23)19(24)21-17-8-4-7-16(20)13(17)2/h3-9,14H,10-11H2,1-2H3,(H,21,24)/t14-/m1/s1. The van der Waals surface area contributed by atoms with Crippen LogP contribution < -0.4 is 10.2 Å². The maximum atomic E-state index is 12.5. The third kappa shape index (κ3) is 3.29. The first kappa shape index (κ1) is 16.5. The average molecular weight is 343 g/mol. The van der Waals surface area contributed by atoms with Crippen LogP contribution in [0.1, 0.15) is 17.5 Å². The van der Waals surface area contributed by atoms with Gasteiger partial charge >= 0.3 is 0 Å². The van der Waals surface area contributed by atoms with Crippen LogP contribution in [0.25, 0.3) is 0 Å². The number of nitrogens with one attached hydrogen (secondary N) is 1. The second-order valence-corrected chi connectivity index (χ2v) is 6.55. The van der Waals surface area contributed by atoms with Gasteiger partial charge < -0.3 is 10.2 Å². The Bertz CT molecular complexity index is 804. The Balaban J connectivity index is 1.73. The molecule has 1 N–H and O–H groups in total. The van der Waals surface area contributed by atoms with Crippen molar-refractivity contribution < 1.29 is 9.59 Å². The van der Waals surface area contributed by atoms with Crippen LogP contribution in [0.2, 0.25) is 5.02 Å². The van der Waals surface area contributed by atoms with Crippen molar-refractivity contribution in [2.75, 3.05) is 16.8 Å². The number of carbonyl (C=O) groups is 2. The van der Waals surface area contributed by atoms with Crippen LogP contribution in [0.5, 0.6) is 0 Å². The lowest BCUT2D eigenvalue weighted by atomic mass is 10.1. The molecule has 2 amide bonds. The molecule has 4 nitrogen and oxygen atoms in total. The van der Waals surface area contributed by atoms with Gasteiger partial charge in [0.05, 0.1) is 5.92 Å². The van der Waals surface area contributed by atoms with E-state index < -0.39 is 0 Å². The summed E-state index contributed by atoms with van der Waals surface area (Å²) in [5.74, 6) is -0.538. The fourth-order valence-electron chi connectivity index (χ4n) is 2.91. The molecule has 1 heterocycles. The summed E-state index contributed by atoms with van der Waals surface area (Å²) in [5.41, 5.74) is 3.44. The van der Waals surface area contributed by atoms with Crippen molar-refractivity contribution in [3.8, 4) is 0 Å². The number of carbonyl (C=O) groups excluding carboxylic acids is 2. The van der Waals surface area contributed by atoms with Gasteiger partial charge in [-0.2, -0.15) is 0 Å². The lowest BCUT2D eigenvalue weighted by Crippen LogP contribution is -2.28. The molecule has 0 unspecified atom stereocenters. The summed E-state index contributed by atoms with van der Waals surface area (Å²) in [4.78, 5) is 26.5. The number of benzene rings is 2. The number of aryl methyl sites for hydroxylation is 1. The van der Waals surface area contributed by atoms with E-state index in [2.05, 4.69) is 5.32 Å². The van der Waals surface area contributed by atoms with E-state index in [9.17, 15) is 9.59 Å². The van der Waals surface area contributed by atoms with Crippen LogP contribution in [0.3, 0.4) is 0 Å². The quantitative estimate of drug-likeness (QED) is 0.918. The van der Waals surface area contributed by atoms with E-state index in [1.54, 1.807) is 17.0 Å². The molecule has 5 heteroatoms. The number of hydrogen-bond acceptors (Lipinski definition) is 2. The third-order valence-electron chi connectivity index (χ3n) is 4.33. The summed E-state index contributed by atoms with van der Waals surface area (Å²) in [5, 5.41) is 3.50. The molecule has 24 heavy (non-hydrogen) atoms. The van der Waals surface area contributed by atoms with Crippen molar-refractivity contribution in [2.45, 2.75) is 20.3 Å². The summed E-state index contributed by atoms with van der Waals surface area (Å²) in [6.45, 7) is 4.24. The van der Waals surface area contributed by atoms with Gasteiger partial charge in [-0.25, -0.2) is 0 Å². The first-order valence-corrected chi connectivity index (χ1v) is 8.26. The fraction of sp³-hybridized carbons (Fsp3) is 0.263. The molecular formula is C19H19ClN2O2. The lowest BCUT2D eigenvalue weighted by molar-refractivity contribution is -0.122. The lowest BCUT2D eigenvalue weighted by Gasteiger charge is -2.17. The van der Waals surface area contributed by atoms with Crippen molar-refractivity contribution in [3.63, 3.8) is 0 Å². The zero-order valence-electron chi connectivity index (χ0n) is 13.7. The van der Waals surface area contributed by atoms with Gasteiger partial charge in [0.1, 0.15) is 0 Å². The third-order valence-corrected chi connectivity index (χ3v) is 4.74. The molecule has 0 spiro atoms. The summed E-state index contributed by atoms with van der Waals surface area (Å²) in [6, 6.07) is 13.1. The van der Waals surface area contributed by atoms with Gasteiger partial charge in [0.15, 0.2) is 0 Å². The van der Waals surface area contributed by atoms with Gasteiger partial charge in [-0.05, 0) is 49.2 Å². The Kier molecular flexibility index (Phi) is 4.58. The summed E-state index contributed by atoms with van der Waals surface area (Å²) < 4.78 is 0. The van der Waals surface area contributed by atoms with Gasteiger partial charge in [0, 0.05) is 29.4 Å². The van der Waals surface area contributed by atoms with Crippen LogP contribution >= 0.6 is 11.6 Å². The first-order chi connectivity index (χ1) is 11.5. The molecule has 3 rings (SSSR count). The highest BCUT2D eigenvalue weighted by atomic mass is 35.5. The normalized spacial score (nSPS) is 17.2. The van der Waals surface area contributed by atoms with Crippen LogP contribution in [-0.2, 0) is 9.59 Å². The SMILES string of the molecule is Cc1cccc(N2C[C@H](C(=O)Nc3cccc(Cl)c3C)CC2=O)c1. The van der Waals surface area contributed by atoms with E-state index in [4.69, 9.17) is 11.6 Å². The fourth-order valence-corrected chi connectivity index (χ4v) is 3.08. The highest BCUT2D eigenvalue weighted by molar-refractivity contribution is 6.31. The number of amides is 2. The molecular weight excluding hydrogens is 324 g/mol. The minimum atomic E-state index is -0.364. The Labute approximate surface area is 146 Å². The van der Waals surface area contributed by atoms with Crippen molar-refractivity contribution in [3.05, 3.63) is 58.6 Å². The molecule has 2 aromatic carbocycles. The molecule has 0 aliphatic carbocycles. The zero-order chi connectivity index (χ0) is 17.3. The average Bonchev–Trinajstić information content (AvgIpc) is 2.94. The van der Waals surface area contributed by atoms with Crippen molar-refractivity contribution in [1.82, 2.24) is 0 Å². The maximum Gasteiger partial charge on any atom is 0.229 e. The highest BCUT2D eigenvalue weighted by Crippen LogP contribution is 2.28. The van der Waals surface area contributed by atoms with Gasteiger partial charge in [0.2, 0.25) is 11.8 Å². The smallest absolute Gasteiger partial charge is 0.229 e. The molecule has 1 aliphatic heterocycles. The van der Waals surface area contributed by atoms with E-state index in [-0.39, 0.29) is 24.2 Å². The van der Waals surface area contributed by atoms with Crippen LogP contribution in [0.15, 0.2) is 42.5 Å². The van der Waals surface area contributed by atoms with Crippen LogP contribution in [0.4, 0.5) is 11.4 Å². The van der Waals surface area contributed by atoms with Gasteiger partial charge in [-0.3, -0.25) is 9.59 Å². The van der Waals surface area contributed by atoms with Gasteiger partial charge in [0.25, 0.3) is 0 Å². The Morgan fingerprint density at radius 1 is 1.21 bits per heavy atom. The summed E-state index contributed by atoms with van der Waals surface area (Å²) in [6.07, 6.45) is 0.222. The highest BCUT2D eigenvalue weighted by Gasteiger charge is 2.35. The van der Waals surface area contributed by atoms with Crippen molar-refractivity contribution in [2.24, 2.45) is 5.92 Å². The molecule has 0 saturated carbocycles. The zero-order valence-corrected chi connectivity index (χ0v) is 14.4. The minimum Gasteiger partial charge on any atom is -0.325 e. The first-order valence-electron chi connectivity index (χ1n) is 7.88. The van der Waals surface area contributed by atoms with Gasteiger partial charge in [-0.1, -0.05) is 29.8 Å². The van der Waals surface area contributed by atoms with Crippen LogP contribution in [-0.4, -0.2) is 18.4 Å². The van der Waals surface area contributed by atoms with Crippen molar-refractivity contribution >= 4 is 34.8 Å². The Morgan fingerprint density at radius 3 is 2.71 bits per heavy atom. The number of hydrogen-bond donors (Lipinski definition) is 1. The molecule has 0 bridgehead atoms. The second kappa shape index (κ2) is 6.65. The molecule has 0 radical (unpaired) electrons. The van der Waals surface area contributed by atoms with E-state index in [1.807, 2.05) is 44.2 Å². The molecule has 0 aromatic heterocycles. The van der Waals surface area contributed by atoms with Gasteiger partial charge in [-0.15, -0.1) is 0 Å². The number of halogens is 1. The maximum absolute atomic E-state index is 12.5. The molecule has 1 fully saturated rings. The predicted octanol–water partition coefficient (Wildman–Crippen LogP) is 3.95. The molecule has 1 aliphatic rings. The largest absolute Gasteiger partial charge is 0.325 e. The van der Waals surface area contributed by atoms with E-state index in [1.165, 1.54) is 0 Å². The molecule has 1 atom stereocenters. The second-order valence-electron chi connectivity index (χ2n) is 6.15. The number of anilines is 2. The molecule has 1 saturated heterocycles. The monoisotopic (exact) mass is 342 g/mol. The van der Waals surface area contributed by atoms with E-state index >= 15 is 0 Å². The minimum absolute atomic E-state index is 0.0245. The number of rotatable bonds is 3. The predicted molar refractivity (Wildman–Crippen MR) is 96.5 cm³/mol. The Morgan fingerprint density at radius 2 is 1.96 bits per heavy atom. The van der Waals surface area contributed by atoms with E-state index in [0.29, 0.717) is 17.3 Å². The van der Waals surface area contributed by atoms with Crippen LogP contribution in [0, 0.1) is 19.8 Å². The Hall–Kier alpha value is -2.33. The molecule has 124 valence electrons. The summed E-state index contributed by atoms with van der Waals surface area (Å²) in [7, 11) is 0. The summed E-state index contributed by atoms with van der Waals surface area (Å²) >= 11 is 6.08. The number of nitrogens with zero attached hydrogens (tertiary/aromatic N) is 1. The topological polar surface area (TPSA) is 49.4 Å². The molecule has 2 aromatic rings. The van der Waals surface area contributed by atoms with E-state index in [0.717, 1.165) is 16.8 Å².